The lowest BCUT2D eigenvalue weighted by atomic mass is 10.2. The van der Waals surface area contributed by atoms with Crippen molar-refractivity contribution in [1.29, 1.82) is 0 Å². The molecule has 0 unspecified atom stereocenters. The minimum atomic E-state index is -0.437. The first-order valence-corrected chi connectivity index (χ1v) is 13.8. The van der Waals surface area contributed by atoms with Crippen molar-refractivity contribution in [3.63, 3.8) is 0 Å². The average Bonchev–Trinajstić information content (AvgIpc) is 3.46. The quantitative estimate of drug-likeness (QED) is 0.114. The maximum Gasteiger partial charge on any atom is 0.307 e. The molecule has 2 aromatic carbocycles. The highest BCUT2D eigenvalue weighted by molar-refractivity contribution is 14.1. The molecule has 0 atom stereocenters. The van der Waals surface area contributed by atoms with E-state index < -0.39 is 5.91 Å². The molecule has 2 heterocycles. The van der Waals surface area contributed by atoms with Crippen molar-refractivity contribution in [2.24, 2.45) is 5.10 Å². The van der Waals surface area contributed by atoms with E-state index in [1.807, 2.05) is 50.2 Å². The molecule has 7 nitrogen and oxygen atoms in total. The molecule has 0 fully saturated rings. The van der Waals surface area contributed by atoms with Gasteiger partial charge in [0.05, 0.1) is 19.5 Å². The second kappa shape index (κ2) is 12.2. The standard InChI is InChI=1S/C28H27I2N3O4/c1-17(2)36-27-24(29)13-20(14-25(27)30)15-31-32-28(34)26-12-11-23(37-26)16-35-22-9-7-21(8-10-22)33-18(3)5-6-19(33)4/h5-15,17H,16H2,1-4H3,(H,32,34)/b31-15+. The van der Waals surface area contributed by atoms with E-state index in [2.05, 4.69) is 86.3 Å². The number of furan rings is 1. The van der Waals surface area contributed by atoms with Crippen LogP contribution in [0.25, 0.3) is 5.69 Å². The van der Waals surface area contributed by atoms with Crippen LogP contribution >= 0.6 is 45.2 Å². The second-order valence-electron chi connectivity index (χ2n) is 8.68. The van der Waals surface area contributed by atoms with E-state index in [-0.39, 0.29) is 18.5 Å². The van der Waals surface area contributed by atoms with Gasteiger partial charge < -0.3 is 18.5 Å². The molecule has 0 saturated carbocycles. The van der Waals surface area contributed by atoms with Crippen LogP contribution < -0.4 is 14.9 Å². The Morgan fingerprint density at radius 3 is 2.30 bits per heavy atom. The topological polar surface area (TPSA) is 78.0 Å². The van der Waals surface area contributed by atoms with Crippen LogP contribution in [-0.4, -0.2) is 22.8 Å². The summed E-state index contributed by atoms with van der Waals surface area (Å²) in [6.07, 6.45) is 1.68. The maximum absolute atomic E-state index is 12.5. The van der Waals surface area contributed by atoms with Crippen molar-refractivity contribution in [2.75, 3.05) is 0 Å². The Labute approximate surface area is 243 Å². The van der Waals surface area contributed by atoms with Gasteiger partial charge in [-0.3, -0.25) is 4.79 Å². The third kappa shape index (κ3) is 6.95. The number of aromatic nitrogens is 1. The monoisotopic (exact) mass is 723 g/mol. The van der Waals surface area contributed by atoms with E-state index in [4.69, 9.17) is 13.9 Å². The molecule has 0 aliphatic rings. The third-order valence-electron chi connectivity index (χ3n) is 5.39. The molecule has 0 saturated heterocycles. The van der Waals surface area contributed by atoms with Gasteiger partial charge in [-0.15, -0.1) is 0 Å². The summed E-state index contributed by atoms with van der Waals surface area (Å²) in [6.45, 7) is 8.35. The van der Waals surface area contributed by atoms with Crippen LogP contribution in [-0.2, 0) is 6.61 Å². The molecule has 9 heteroatoms. The second-order valence-corrected chi connectivity index (χ2v) is 11.0. The third-order valence-corrected chi connectivity index (χ3v) is 6.99. The normalized spacial score (nSPS) is 11.3. The molecule has 2 aromatic heterocycles. The van der Waals surface area contributed by atoms with Gasteiger partial charge in [0.2, 0.25) is 0 Å². The molecule has 1 amide bonds. The van der Waals surface area contributed by atoms with Gasteiger partial charge in [-0.25, -0.2) is 5.43 Å². The molecule has 0 aliphatic heterocycles. The molecule has 37 heavy (non-hydrogen) atoms. The molecular weight excluding hydrogens is 696 g/mol. The highest BCUT2D eigenvalue weighted by Crippen LogP contribution is 2.29. The Balaban J connectivity index is 1.31. The summed E-state index contributed by atoms with van der Waals surface area (Å²) in [7, 11) is 0. The number of halogens is 2. The fraction of sp³-hybridized carbons (Fsp3) is 0.214. The number of carbonyl (C=O) groups excluding carboxylic acids is 1. The summed E-state index contributed by atoms with van der Waals surface area (Å²) in [6, 6.07) is 19.3. The number of ether oxygens (including phenoxy) is 2. The fourth-order valence-electron chi connectivity index (χ4n) is 3.72. The number of hydrogen-bond donors (Lipinski definition) is 1. The zero-order chi connectivity index (χ0) is 26.5. The molecular formula is C28H27I2N3O4. The smallest absolute Gasteiger partial charge is 0.307 e. The van der Waals surface area contributed by atoms with E-state index in [1.165, 1.54) is 11.4 Å². The lowest BCUT2D eigenvalue weighted by Crippen LogP contribution is -2.16. The number of carbonyl (C=O) groups is 1. The van der Waals surface area contributed by atoms with Gasteiger partial charge in [-0.2, -0.15) is 5.10 Å². The number of hydrogen-bond acceptors (Lipinski definition) is 5. The van der Waals surface area contributed by atoms with Crippen molar-refractivity contribution >= 4 is 57.3 Å². The van der Waals surface area contributed by atoms with Crippen LogP contribution in [0.3, 0.4) is 0 Å². The summed E-state index contributed by atoms with van der Waals surface area (Å²) in [5.41, 5.74) is 6.79. The minimum Gasteiger partial charge on any atom is -0.489 e. The molecule has 192 valence electrons. The lowest BCUT2D eigenvalue weighted by molar-refractivity contribution is 0.0923. The number of nitrogens with zero attached hydrogens (tertiary/aromatic N) is 2. The van der Waals surface area contributed by atoms with Crippen molar-refractivity contribution in [2.45, 2.75) is 40.4 Å². The number of nitrogens with one attached hydrogen (secondary N) is 1. The Bertz CT molecular complexity index is 1380. The van der Waals surface area contributed by atoms with Gasteiger partial charge >= 0.3 is 5.91 Å². The Morgan fingerprint density at radius 2 is 1.68 bits per heavy atom. The molecule has 0 bridgehead atoms. The zero-order valence-corrected chi connectivity index (χ0v) is 25.2. The van der Waals surface area contributed by atoms with Crippen molar-refractivity contribution < 1.29 is 18.7 Å². The fourth-order valence-corrected chi connectivity index (χ4v) is 5.79. The van der Waals surface area contributed by atoms with Crippen LogP contribution in [0.4, 0.5) is 0 Å². The van der Waals surface area contributed by atoms with E-state index in [1.54, 1.807) is 18.3 Å². The maximum atomic E-state index is 12.5. The van der Waals surface area contributed by atoms with Gasteiger partial charge in [-0.05, 0) is 139 Å². The summed E-state index contributed by atoms with van der Waals surface area (Å²) in [5, 5.41) is 4.07. The first-order valence-electron chi connectivity index (χ1n) is 11.7. The largest absolute Gasteiger partial charge is 0.489 e. The lowest BCUT2D eigenvalue weighted by Gasteiger charge is -2.14. The Morgan fingerprint density at radius 1 is 1.03 bits per heavy atom. The highest BCUT2D eigenvalue weighted by Gasteiger charge is 2.12. The zero-order valence-electron chi connectivity index (χ0n) is 20.9. The van der Waals surface area contributed by atoms with E-state index in [0.717, 1.165) is 24.1 Å². The van der Waals surface area contributed by atoms with Crippen LogP contribution in [0.5, 0.6) is 11.5 Å². The van der Waals surface area contributed by atoms with E-state index in [9.17, 15) is 4.79 Å². The predicted octanol–water partition coefficient (Wildman–Crippen LogP) is 7.03. The van der Waals surface area contributed by atoms with Crippen molar-refractivity contribution in [3.8, 4) is 17.2 Å². The molecule has 0 radical (unpaired) electrons. The number of benzene rings is 2. The molecule has 1 N–H and O–H groups in total. The van der Waals surface area contributed by atoms with Crippen molar-refractivity contribution in [1.82, 2.24) is 9.99 Å². The van der Waals surface area contributed by atoms with Gasteiger partial charge in [0.15, 0.2) is 5.76 Å². The highest BCUT2D eigenvalue weighted by atomic mass is 127. The first-order chi connectivity index (χ1) is 17.7. The minimum absolute atomic E-state index is 0.0914. The number of rotatable bonds is 9. The summed E-state index contributed by atoms with van der Waals surface area (Å²) >= 11 is 4.47. The Kier molecular flexibility index (Phi) is 8.95. The predicted molar refractivity (Wildman–Crippen MR) is 161 cm³/mol. The first kappa shape index (κ1) is 27.2. The van der Waals surface area contributed by atoms with Crippen LogP contribution in [0.15, 0.2) is 70.2 Å². The van der Waals surface area contributed by atoms with E-state index in [0.29, 0.717) is 11.5 Å². The summed E-state index contributed by atoms with van der Waals surface area (Å²) in [4.78, 5) is 12.5. The van der Waals surface area contributed by atoms with E-state index >= 15 is 0 Å². The molecule has 0 spiro atoms. The number of aryl methyl sites for hydroxylation is 2. The van der Waals surface area contributed by atoms with Gasteiger partial charge in [0.25, 0.3) is 0 Å². The SMILES string of the molecule is Cc1ccc(C)n1-c1ccc(OCc2ccc(C(=O)N/N=C/c3cc(I)c(OC(C)C)c(I)c3)o2)cc1. The summed E-state index contributed by atoms with van der Waals surface area (Å²) in [5.74, 6) is 1.83. The average molecular weight is 723 g/mol. The molecule has 4 rings (SSSR count). The van der Waals surface area contributed by atoms with Gasteiger partial charge in [0, 0.05) is 17.1 Å². The molecule has 0 aliphatic carbocycles. The summed E-state index contributed by atoms with van der Waals surface area (Å²) < 4.78 is 21.5. The number of amides is 1. The van der Waals surface area contributed by atoms with Crippen LogP contribution in [0.2, 0.25) is 0 Å². The Hall–Kier alpha value is -2.80. The van der Waals surface area contributed by atoms with Crippen molar-refractivity contribution in [3.05, 3.63) is 96.3 Å². The number of hydrazone groups is 1. The molecule has 4 aromatic rings. The van der Waals surface area contributed by atoms with Gasteiger partial charge in [-0.1, -0.05) is 0 Å². The van der Waals surface area contributed by atoms with Crippen LogP contribution in [0, 0.1) is 21.0 Å². The van der Waals surface area contributed by atoms with Crippen LogP contribution in [0.1, 0.15) is 47.1 Å². The van der Waals surface area contributed by atoms with Gasteiger partial charge in [0.1, 0.15) is 23.9 Å².